The van der Waals surface area contributed by atoms with Crippen LogP contribution in [-0.2, 0) is 6.42 Å². The van der Waals surface area contributed by atoms with Gasteiger partial charge in [-0.15, -0.1) is 11.3 Å². The molecule has 0 spiro atoms. The second-order valence-electron chi connectivity index (χ2n) is 7.36. The minimum absolute atomic E-state index is 0.213. The molecular formula is C24H19ClN4OS. The number of aromatic nitrogens is 3. The molecule has 1 amide bonds. The molecule has 1 N–H and O–H groups in total. The number of nitrogens with zero attached hydrogens (tertiary/aromatic N) is 3. The van der Waals surface area contributed by atoms with E-state index in [0.29, 0.717) is 28.5 Å². The van der Waals surface area contributed by atoms with Gasteiger partial charge in [-0.1, -0.05) is 24.6 Å². The number of rotatable bonds is 4. The monoisotopic (exact) mass is 446 g/mol. The van der Waals surface area contributed by atoms with Crippen LogP contribution in [-0.4, -0.2) is 20.3 Å². The van der Waals surface area contributed by atoms with Crippen molar-refractivity contribution in [1.82, 2.24) is 14.4 Å². The lowest BCUT2D eigenvalue weighted by molar-refractivity contribution is 0.102. The fourth-order valence-corrected chi connectivity index (χ4v) is 4.83. The van der Waals surface area contributed by atoms with Crippen LogP contribution in [0.1, 0.15) is 28.7 Å². The molecule has 0 unspecified atom stereocenters. The van der Waals surface area contributed by atoms with E-state index in [2.05, 4.69) is 29.4 Å². The van der Waals surface area contributed by atoms with E-state index in [0.717, 1.165) is 21.8 Å². The number of carbonyl (C=O) groups excluding carboxylic acids is 1. The maximum atomic E-state index is 13.1. The van der Waals surface area contributed by atoms with Crippen molar-refractivity contribution in [2.45, 2.75) is 20.3 Å². The van der Waals surface area contributed by atoms with Crippen molar-refractivity contribution in [2.24, 2.45) is 0 Å². The number of aryl methyl sites for hydroxylation is 2. The van der Waals surface area contributed by atoms with Gasteiger partial charge in [-0.2, -0.15) is 0 Å². The van der Waals surface area contributed by atoms with E-state index in [4.69, 9.17) is 16.6 Å². The number of amides is 1. The molecule has 2 aromatic carbocycles. The van der Waals surface area contributed by atoms with E-state index < -0.39 is 0 Å². The minimum atomic E-state index is -0.213. The number of nitrogens with one attached hydrogen (secondary N) is 1. The molecule has 3 heterocycles. The summed E-state index contributed by atoms with van der Waals surface area (Å²) >= 11 is 7.80. The zero-order valence-electron chi connectivity index (χ0n) is 17.0. The molecule has 0 radical (unpaired) electrons. The summed E-state index contributed by atoms with van der Waals surface area (Å²) in [6.07, 6.45) is 2.37. The van der Waals surface area contributed by atoms with E-state index in [1.807, 2.05) is 43.3 Å². The van der Waals surface area contributed by atoms with Crippen molar-refractivity contribution >= 4 is 50.4 Å². The van der Waals surface area contributed by atoms with Crippen LogP contribution in [0.3, 0.4) is 0 Å². The molecule has 154 valence electrons. The summed E-state index contributed by atoms with van der Waals surface area (Å²) in [5.41, 5.74) is 5.90. The number of carbonyl (C=O) groups is 1. The molecule has 0 bridgehead atoms. The van der Waals surface area contributed by atoms with Crippen molar-refractivity contribution in [3.8, 4) is 10.6 Å². The first-order chi connectivity index (χ1) is 15.0. The Labute approximate surface area is 188 Å². The molecule has 5 rings (SSSR count). The van der Waals surface area contributed by atoms with E-state index >= 15 is 0 Å². The molecule has 0 atom stereocenters. The molecule has 0 aliphatic heterocycles. The Morgan fingerprint density at radius 1 is 1.10 bits per heavy atom. The van der Waals surface area contributed by atoms with Gasteiger partial charge in [-0.05, 0) is 67.4 Å². The lowest BCUT2D eigenvalue weighted by Gasteiger charge is -2.07. The number of halogens is 1. The highest BCUT2D eigenvalue weighted by atomic mass is 35.5. The van der Waals surface area contributed by atoms with Crippen LogP contribution in [0.5, 0.6) is 0 Å². The molecule has 5 aromatic rings. The Morgan fingerprint density at radius 3 is 2.68 bits per heavy atom. The van der Waals surface area contributed by atoms with Crippen molar-refractivity contribution in [1.29, 1.82) is 0 Å². The first-order valence-corrected chi connectivity index (χ1v) is 11.2. The SMILES string of the molecule is CCc1nc2ccc(Cl)cn2c1C(=O)Nc1ccc(-c2nc3ccc(C)cc3s2)cc1. The summed E-state index contributed by atoms with van der Waals surface area (Å²) in [7, 11) is 0. The van der Waals surface area contributed by atoms with Gasteiger partial charge in [0.25, 0.3) is 5.91 Å². The minimum Gasteiger partial charge on any atom is -0.321 e. The summed E-state index contributed by atoms with van der Waals surface area (Å²) in [6, 6.07) is 17.6. The molecule has 0 saturated carbocycles. The largest absolute Gasteiger partial charge is 0.321 e. The summed E-state index contributed by atoms with van der Waals surface area (Å²) in [6.45, 7) is 4.06. The maximum absolute atomic E-state index is 13.1. The lowest BCUT2D eigenvalue weighted by atomic mass is 10.2. The lowest BCUT2D eigenvalue weighted by Crippen LogP contribution is -2.16. The Kier molecular flexibility index (Phi) is 4.96. The number of hydrogen-bond donors (Lipinski definition) is 1. The number of imidazole rings is 1. The van der Waals surface area contributed by atoms with Crippen molar-refractivity contribution < 1.29 is 4.79 Å². The van der Waals surface area contributed by atoms with E-state index in [1.165, 1.54) is 10.3 Å². The molecule has 31 heavy (non-hydrogen) atoms. The van der Waals surface area contributed by atoms with Gasteiger partial charge in [0, 0.05) is 17.4 Å². The first-order valence-electron chi connectivity index (χ1n) is 9.97. The predicted molar refractivity (Wildman–Crippen MR) is 127 cm³/mol. The van der Waals surface area contributed by atoms with Gasteiger partial charge in [-0.3, -0.25) is 9.20 Å². The highest BCUT2D eigenvalue weighted by Crippen LogP contribution is 2.31. The highest BCUT2D eigenvalue weighted by Gasteiger charge is 2.19. The number of fused-ring (bicyclic) bond motifs is 2. The number of anilines is 1. The normalized spacial score (nSPS) is 11.3. The van der Waals surface area contributed by atoms with Crippen LogP contribution < -0.4 is 5.32 Å². The third kappa shape index (κ3) is 3.69. The van der Waals surface area contributed by atoms with Gasteiger partial charge in [0.05, 0.1) is 20.9 Å². The quantitative estimate of drug-likeness (QED) is 0.348. The third-order valence-corrected chi connectivity index (χ3v) is 6.43. The average Bonchev–Trinajstić information content (AvgIpc) is 3.34. The van der Waals surface area contributed by atoms with Crippen molar-refractivity contribution in [2.75, 3.05) is 5.32 Å². The molecule has 0 fully saturated rings. The predicted octanol–water partition coefficient (Wildman–Crippen LogP) is 6.39. The summed E-state index contributed by atoms with van der Waals surface area (Å²) in [5, 5.41) is 4.50. The van der Waals surface area contributed by atoms with Crippen molar-refractivity contribution in [3.05, 3.63) is 82.8 Å². The van der Waals surface area contributed by atoms with Gasteiger partial charge in [0.15, 0.2) is 0 Å². The van der Waals surface area contributed by atoms with Gasteiger partial charge in [0.2, 0.25) is 0 Å². The number of pyridine rings is 1. The molecule has 7 heteroatoms. The maximum Gasteiger partial charge on any atom is 0.274 e. The zero-order valence-corrected chi connectivity index (χ0v) is 18.6. The van der Waals surface area contributed by atoms with Crippen LogP contribution in [0.4, 0.5) is 5.69 Å². The van der Waals surface area contributed by atoms with Gasteiger partial charge < -0.3 is 5.32 Å². The van der Waals surface area contributed by atoms with Gasteiger partial charge in [0.1, 0.15) is 16.3 Å². The average molecular weight is 447 g/mol. The van der Waals surface area contributed by atoms with Gasteiger partial charge in [-0.25, -0.2) is 9.97 Å². The Bertz CT molecular complexity index is 1440. The Hall–Kier alpha value is -3.22. The first kappa shape index (κ1) is 19.7. The van der Waals surface area contributed by atoms with E-state index in [9.17, 15) is 4.79 Å². The van der Waals surface area contributed by atoms with Crippen LogP contribution >= 0.6 is 22.9 Å². The van der Waals surface area contributed by atoms with Crippen LogP contribution in [0.15, 0.2) is 60.8 Å². The molecule has 0 saturated heterocycles. The fraction of sp³-hybridized carbons (Fsp3) is 0.125. The summed E-state index contributed by atoms with van der Waals surface area (Å²) < 4.78 is 2.92. The number of benzene rings is 2. The number of thiazole rings is 1. The Morgan fingerprint density at radius 2 is 1.90 bits per heavy atom. The van der Waals surface area contributed by atoms with Crippen LogP contribution in [0.25, 0.3) is 26.4 Å². The highest BCUT2D eigenvalue weighted by molar-refractivity contribution is 7.21. The molecule has 0 aliphatic rings. The van der Waals surface area contributed by atoms with E-state index in [1.54, 1.807) is 28.0 Å². The van der Waals surface area contributed by atoms with E-state index in [-0.39, 0.29) is 5.91 Å². The van der Waals surface area contributed by atoms with Crippen LogP contribution in [0.2, 0.25) is 5.02 Å². The molecule has 0 aliphatic carbocycles. The third-order valence-electron chi connectivity index (χ3n) is 5.14. The zero-order chi connectivity index (χ0) is 21.5. The Balaban J connectivity index is 1.42. The second kappa shape index (κ2) is 7.80. The fourth-order valence-electron chi connectivity index (χ4n) is 3.60. The molecule has 3 aromatic heterocycles. The van der Waals surface area contributed by atoms with Crippen molar-refractivity contribution in [3.63, 3.8) is 0 Å². The summed E-state index contributed by atoms with van der Waals surface area (Å²) in [5.74, 6) is -0.213. The topological polar surface area (TPSA) is 59.3 Å². The molecule has 5 nitrogen and oxygen atoms in total. The smallest absolute Gasteiger partial charge is 0.274 e. The van der Waals surface area contributed by atoms with Gasteiger partial charge >= 0.3 is 0 Å². The molecular weight excluding hydrogens is 428 g/mol. The van der Waals surface area contributed by atoms with Crippen LogP contribution in [0, 0.1) is 6.92 Å². The standard InChI is InChI=1S/C24H19ClN4OS/c1-3-18-22(29-13-16(25)7-11-21(29)27-18)23(30)26-17-8-5-15(6-9-17)24-28-19-10-4-14(2)12-20(19)31-24/h4-13H,3H2,1-2H3,(H,26,30). The number of hydrogen-bond acceptors (Lipinski definition) is 4. The summed E-state index contributed by atoms with van der Waals surface area (Å²) in [4.78, 5) is 22.3. The second-order valence-corrected chi connectivity index (χ2v) is 8.82.